The molecule has 0 aromatic rings. The number of rotatable bonds is 1. The summed E-state index contributed by atoms with van der Waals surface area (Å²) in [6.45, 7) is 6.19. The third-order valence-corrected chi connectivity index (χ3v) is 3.23. The van der Waals surface area contributed by atoms with Gasteiger partial charge in [-0.2, -0.15) is 0 Å². The molecule has 106 valence electrons. The Morgan fingerprint density at radius 3 is 2.74 bits per heavy atom. The quantitative estimate of drug-likeness (QED) is 0.684. The van der Waals surface area contributed by atoms with Crippen molar-refractivity contribution < 1.29 is 19.1 Å². The number of carbonyl (C=O) groups excluding carboxylic acids is 2. The predicted molar refractivity (Wildman–Crippen MR) is 69.6 cm³/mol. The zero-order chi connectivity index (χ0) is 14.0. The minimum Gasteiger partial charge on any atom is -0.453 e. The SMILES string of the molecule is CC(C)(C)OC(=O)N1CCCC[C@@H]1[C@H]1C=CC(=O)O1. The number of ether oxygens (including phenoxy) is 2. The molecule has 0 spiro atoms. The zero-order valence-electron chi connectivity index (χ0n) is 11.7. The second-order valence-electron chi connectivity index (χ2n) is 6.00. The van der Waals surface area contributed by atoms with Crippen LogP contribution in [0.5, 0.6) is 0 Å². The van der Waals surface area contributed by atoms with Crippen molar-refractivity contribution >= 4 is 12.1 Å². The Morgan fingerprint density at radius 2 is 2.16 bits per heavy atom. The van der Waals surface area contributed by atoms with Gasteiger partial charge in [-0.1, -0.05) is 0 Å². The number of cyclic esters (lactones) is 1. The number of esters is 1. The van der Waals surface area contributed by atoms with Gasteiger partial charge in [-0.25, -0.2) is 9.59 Å². The van der Waals surface area contributed by atoms with Gasteiger partial charge in [0.1, 0.15) is 11.7 Å². The van der Waals surface area contributed by atoms with E-state index >= 15 is 0 Å². The first-order valence-electron chi connectivity index (χ1n) is 6.75. The summed E-state index contributed by atoms with van der Waals surface area (Å²) < 4.78 is 10.6. The molecule has 0 aromatic heterocycles. The van der Waals surface area contributed by atoms with E-state index in [9.17, 15) is 9.59 Å². The van der Waals surface area contributed by atoms with Crippen LogP contribution in [-0.4, -0.2) is 41.3 Å². The molecule has 0 radical (unpaired) electrons. The maximum Gasteiger partial charge on any atom is 0.410 e. The highest BCUT2D eigenvalue weighted by Gasteiger charge is 2.37. The van der Waals surface area contributed by atoms with Crippen molar-refractivity contribution in [2.75, 3.05) is 6.54 Å². The van der Waals surface area contributed by atoms with Gasteiger partial charge in [-0.15, -0.1) is 0 Å². The summed E-state index contributed by atoms with van der Waals surface area (Å²) >= 11 is 0. The Bertz CT molecular complexity index is 397. The minimum absolute atomic E-state index is 0.105. The van der Waals surface area contributed by atoms with Crippen molar-refractivity contribution in [3.63, 3.8) is 0 Å². The molecule has 5 heteroatoms. The minimum atomic E-state index is -0.513. The van der Waals surface area contributed by atoms with Crippen molar-refractivity contribution in [1.82, 2.24) is 4.90 Å². The first-order valence-corrected chi connectivity index (χ1v) is 6.75. The second kappa shape index (κ2) is 5.23. The first-order chi connectivity index (χ1) is 8.87. The second-order valence-corrected chi connectivity index (χ2v) is 6.00. The molecule has 0 aromatic carbocycles. The fourth-order valence-corrected chi connectivity index (χ4v) is 2.44. The zero-order valence-corrected chi connectivity index (χ0v) is 11.7. The Morgan fingerprint density at radius 1 is 1.42 bits per heavy atom. The number of hydrogen-bond donors (Lipinski definition) is 0. The summed E-state index contributed by atoms with van der Waals surface area (Å²) in [6.07, 6.45) is 5.32. The normalized spacial score (nSPS) is 27.3. The average molecular weight is 267 g/mol. The van der Waals surface area contributed by atoms with Crippen molar-refractivity contribution in [3.8, 4) is 0 Å². The lowest BCUT2D eigenvalue weighted by molar-refractivity contribution is -0.141. The molecule has 2 aliphatic rings. The molecular weight excluding hydrogens is 246 g/mol. The van der Waals surface area contributed by atoms with Gasteiger partial charge in [0.25, 0.3) is 0 Å². The number of piperidine rings is 1. The van der Waals surface area contributed by atoms with Crippen molar-refractivity contribution in [2.45, 2.75) is 57.8 Å². The molecule has 0 saturated carbocycles. The van der Waals surface area contributed by atoms with E-state index in [-0.39, 0.29) is 24.2 Å². The molecule has 2 heterocycles. The lowest BCUT2D eigenvalue weighted by Crippen LogP contribution is -2.51. The van der Waals surface area contributed by atoms with Gasteiger partial charge < -0.3 is 14.4 Å². The monoisotopic (exact) mass is 267 g/mol. The Hall–Kier alpha value is -1.52. The molecule has 1 saturated heterocycles. The van der Waals surface area contributed by atoms with E-state index in [4.69, 9.17) is 9.47 Å². The summed E-state index contributed by atoms with van der Waals surface area (Å²) in [7, 11) is 0. The van der Waals surface area contributed by atoms with Crippen LogP contribution in [0.2, 0.25) is 0 Å². The van der Waals surface area contributed by atoms with Crippen molar-refractivity contribution in [3.05, 3.63) is 12.2 Å². The van der Waals surface area contributed by atoms with Crippen molar-refractivity contribution in [2.24, 2.45) is 0 Å². The van der Waals surface area contributed by atoms with Gasteiger partial charge in [0.2, 0.25) is 0 Å². The summed E-state index contributed by atoms with van der Waals surface area (Å²) in [5, 5.41) is 0. The van der Waals surface area contributed by atoms with Gasteiger partial charge in [0.15, 0.2) is 0 Å². The maximum absolute atomic E-state index is 12.2. The molecule has 1 fully saturated rings. The molecule has 2 aliphatic heterocycles. The summed E-state index contributed by atoms with van der Waals surface area (Å²) in [4.78, 5) is 25.1. The van der Waals surface area contributed by atoms with E-state index in [0.717, 1.165) is 19.3 Å². The summed E-state index contributed by atoms with van der Waals surface area (Å²) in [5.74, 6) is -0.334. The van der Waals surface area contributed by atoms with Crippen LogP contribution >= 0.6 is 0 Å². The number of hydrogen-bond acceptors (Lipinski definition) is 4. The van der Waals surface area contributed by atoms with Crippen LogP contribution in [0, 0.1) is 0 Å². The summed E-state index contributed by atoms with van der Waals surface area (Å²) in [5.41, 5.74) is -0.513. The fourth-order valence-electron chi connectivity index (χ4n) is 2.44. The van der Waals surface area contributed by atoms with Crippen LogP contribution in [0.15, 0.2) is 12.2 Å². The third-order valence-electron chi connectivity index (χ3n) is 3.23. The highest BCUT2D eigenvalue weighted by atomic mass is 16.6. The number of amides is 1. The summed E-state index contributed by atoms with van der Waals surface area (Å²) in [6, 6.07) is -0.105. The van der Waals surface area contributed by atoms with Crippen molar-refractivity contribution in [1.29, 1.82) is 0 Å². The van der Waals surface area contributed by atoms with Crippen LogP contribution in [-0.2, 0) is 14.3 Å². The van der Waals surface area contributed by atoms with Crippen LogP contribution in [0.25, 0.3) is 0 Å². The number of likely N-dealkylation sites (tertiary alicyclic amines) is 1. The molecule has 1 amide bonds. The van der Waals surface area contributed by atoms with Gasteiger partial charge in [0, 0.05) is 12.6 Å². The van der Waals surface area contributed by atoms with E-state index in [0.29, 0.717) is 6.54 Å². The van der Waals surface area contributed by atoms with Gasteiger partial charge in [-0.3, -0.25) is 0 Å². The third kappa shape index (κ3) is 3.49. The molecule has 0 N–H and O–H groups in total. The molecule has 2 atom stereocenters. The lowest BCUT2D eigenvalue weighted by atomic mass is 9.98. The topological polar surface area (TPSA) is 55.8 Å². The molecule has 0 aliphatic carbocycles. The van der Waals surface area contributed by atoms with Crippen LogP contribution in [0.3, 0.4) is 0 Å². The highest BCUT2D eigenvalue weighted by Crippen LogP contribution is 2.26. The smallest absolute Gasteiger partial charge is 0.410 e. The largest absolute Gasteiger partial charge is 0.453 e. The van der Waals surface area contributed by atoms with E-state index < -0.39 is 5.60 Å². The van der Waals surface area contributed by atoms with E-state index in [1.54, 1.807) is 11.0 Å². The van der Waals surface area contributed by atoms with E-state index in [1.165, 1.54) is 6.08 Å². The Balaban J connectivity index is 2.06. The van der Waals surface area contributed by atoms with E-state index in [1.807, 2.05) is 20.8 Å². The molecule has 0 bridgehead atoms. The highest BCUT2D eigenvalue weighted by molar-refractivity contribution is 5.84. The molecule has 5 nitrogen and oxygen atoms in total. The van der Waals surface area contributed by atoms with E-state index in [2.05, 4.69) is 0 Å². The maximum atomic E-state index is 12.2. The average Bonchev–Trinajstić information content (AvgIpc) is 2.73. The molecular formula is C14H21NO4. The van der Waals surface area contributed by atoms with Crippen LogP contribution in [0.4, 0.5) is 4.79 Å². The first kappa shape index (κ1) is 13.9. The van der Waals surface area contributed by atoms with Gasteiger partial charge >= 0.3 is 12.1 Å². The van der Waals surface area contributed by atoms with Gasteiger partial charge in [0.05, 0.1) is 6.04 Å². The van der Waals surface area contributed by atoms with Gasteiger partial charge in [-0.05, 0) is 46.1 Å². The van der Waals surface area contributed by atoms with Crippen LogP contribution < -0.4 is 0 Å². The standard InChI is InChI=1S/C14H21NO4/c1-14(2,3)19-13(17)15-9-5-4-6-10(15)11-7-8-12(16)18-11/h7-8,10-11H,4-6,9H2,1-3H3/t10-,11-/m1/s1. The fraction of sp³-hybridized carbons (Fsp3) is 0.714. The molecule has 2 rings (SSSR count). The number of carbonyl (C=O) groups is 2. The predicted octanol–water partition coefficient (Wildman–Crippen LogP) is 2.26. The lowest BCUT2D eigenvalue weighted by Gasteiger charge is -2.38. The van der Waals surface area contributed by atoms with Crippen LogP contribution in [0.1, 0.15) is 40.0 Å². The Kier molecular flexibility index (Phi) is 3.83. The number of nitrogens with zero attached hydrogens (tertiary/aromatic N) is 1. The molecule has 19 heavy (non-hydrogen) atoms. The Labute approximate surface area is 113 Å². The molecule has 0 unspecified atom stereocenters.